The molecule has 36 heavy (non-hydrogen) atoms. The number of ether oxygens (including phenoxy) is 2. The fourth-order valence-electron chi connectivity index (χ4n) is 4.54. The predicted octanol–water partition coefficient (Wildman–Crippen LogP) is 4.95. The fourth-order valence-corrected chi connectivity index (χ4v) is 4.54. The summed E-state index contributed by atoms with van der Waals surface area (Å²) >= 11 is 0. The van der Waals surface area contributed by atoms with Gasteiger partial charge in [-0.3, -0.25) is 9.59 Å². The van der Waals surface area contributed by atoms with Gasteiger partial charge in [-0.15, -0.1) is 0 Å². The Morgan fingerprint density at radius 2 is 1.78 bits per heavy atom. The number of carbonyl (C=O) groups excluding carboxylic acids is 1. The van der Waals surface area contributed by atoms with E-state index in [9.17, 15) is 9.59 Å². The molecule has 0 spiro atoms. The third-order valence-corrected chi connectivity index (χ3v) is 6.83. The van der Waals surface area contributed by atoms with Crippen LogP contribution < -0.4 is 14.9 Å². The van der Waals surface area contributed by atoms with E-state index in [1.165, 1.54) is 0 Å². The first kappa shape index (κ1) is 25.8. The van der Waals surface area contributed by atoms with Crippen LogP contribution in [0, 0.1) is 19.8 Å². The number of amides is 1. The molecule has 1 unspecified atom stereocenters. The highest BCUT2D eigenvalue weighted by molar-refractivity contribution is 5.99. The molecule has 1 atom stereocenters. The molecule has 2 aromatic carbocycles. The van der Waals surface area contributed by atoms with Gasteiger partial charge < -0.3 is 23.7 Å². The number of fused-ring (bicyclic) bond motifs is 2. The monoisotopic (exact) mass is 492 g/mol. The first-order chi connectivity index (χ1) is 17.1. The van der Waals surface area contributed by atoms with Crippen molar-refractivity contribution in [2.24, 2.45) is 5.92 Å². The Kier molecular flexibility index (Phi) is 7.41. The summed E-state index contributed by atoms with van der Waals surface area (Å²) in [5.74, 6) is 1.59. The lowest BCUT2D eigenvalue weighted by Gasteiger charge is -2.27. The summed E-state index contributed by atoms with van der Waals surface area (Å²) in [4.78, 5) is 31.1. The van der Waals surface area contributed by atoms with Gasteiger partial charge in [-0.2, -0.15) is 0 Å². The highest BCUT2D eigenvalue weighted by Gasteiger charge is 2.42. The number of nitrogens with zero attached hydrogens (tertiary/aromatic N) is 2. The molecule has 0 aliphatic carbocycles. The Balaban J connectivity index is 1.84. The minimum absolute atomic E-state index is 0.121. The minimum Gasteiger partial charge on any atom is -0.493 e. The summed E-state index contributed by atoms with van der Waals surface area (Å²) in [6, 6.07) is 8.75. The normalized spacial score (nSPS) is 15.3. The van der Waals surface area contributed by atoms with Crippen LogP contribution in [0.1, 0.15) is 59.1 Å². The van der Waals surface area contributed by atoms with E-state index in [4.69, 9.17) is 13.9 Å². The van der Waals surface area contributed by atoms with Crippen molar-refractivity contribution in [2.75, 3.05) is 40.9 Å². The Morgan fingerprint density at radius 1 is 1.06 bits per heavy atom. The molecule has 1 aliphatic heterocycles. The first-order valence-electron chi connectivity index (χ1n) is 12.5. The average molecular weight is 493 g/mol. The summed E-state index contributed by atoms with van der Waals surface area (Å²) in [6.45, 7) is 9.92. The number of likely N-dealkylation sites (N-methyl/N-ethyl adjacent to an activating group) is 1. The summed E-state index contributed by atoms with van der Waals surface area (Å²) in [5.41, 5.74) is 3.44. The molecule has 7 nitrogen and oxygen atoms in total. The zero-order valence-corrected chi connectivity index (χ0v) is 22.3. The topological polar surface area (TPSA) is 72.2 Å². The lowest BCUT2D eigenvalue weighted by molar-refractivity contribution is 0.0716. The maximum Gasteiger partial charge on any atom is 0.290 e. The van der Waals surface area contributed by atoms with Crippen molar-refractivity contribution in [2.45, 2.75) is 40.2 Å². The fraction of sp³-hybridized carbons (Fsp3) is 0.448. The van der Waals surface area contributed by atoms with Crippen LogP contribution in [-0.4, -0.2) is 56.6 Å². The van der Waals surface area contributed by atoms with Crippen LogP contribution >= 0.6 is 0 Å². The van der Waals surface area contributed by atoms with Gasteiger partial charge in [0.15, 0.2) is 16.9 Å². The number of carbonyl (C=O) groups is 1. The number of benzene rings is 2. The molecule has 0 radical (unpaired) electrons. The predicted molar refractivity (Wildman–Crippen MR) is 141 cm³/mol. The molecule has 1 aromatic heterocycles. The lowest BCUT2D eigenvalue weighted by atomic mass is 9.97. The molecule has 192 valence electrons. The molecule has 0 N–H and O–H groups in total. The molecule has 1 aliphatic rings. The van der Waals surface area contributed by atoms with Gasteiger partial charge in [0.2, 0.25) is 5.76 Å². The molecular formula is C29H36N2O5. The molecule has 0 bridgehead atoms. The van der Waals surface area contributed by atoms with Gasteiger partial charge in [-0.05, 0) is 81.2 Å². The van der Waals surface area contributed by atoms with E-state index in [-0.39, 0.29) is 17.1 Å². The molecule has 0 saturated carbocycles. The molecule has 0 saturated heterocycles. The number of hydrogen-bond donors (Lipinski definition) is 0. The number of aryl methyl sites for hydroxylation is 2. The second-order valence-electron chi connectivity index (χ2n) is 10.3. The molecule has 3 aromatic rings. The van der Waals surface area contributed by atoms with E-state index in [0.29, 0.717) is 53.6 Å². The summed E-state index contributed by atoms with van der Waals surface area (Å²) < 4.78 is 17.7. The Morgan fingerprint density at radius 3 is 2.44 bits per heavy atom. The Bertz CT molecular complexity index is 1340. The van der Waals surface area contributed by atoms with E-state index in [1.54, 1.807) is 12.0 Å². The summed E-state index contributed by atoms with van der Waals surface area (Å²) in [7, 11) is 5.51. The Hall–Kier alpha value is -3.32. The van der Waals surface area contributed by atoms with Crippen LogP contribution in [-0.2, 0) is 0 Å². The van der Waals surface area contributed by atoms with Gasteiger partial charge in [-0.25, -0.2) is 0 Å². The largest absolute Gasteiger partial charge is 0.493 e. The molecule has 2 heterocycles. The van der Waals surface area contributed by atoms with E-state index >= 15 is 0 Å². The van der Waals surface area contributed by atoms with Crippen molar-refractivity contribution in [3.8, 4) is 11.5 Å². The van der Waals surface area contributed by atoms with Gasteiger partial charge >= 0.3 is 0 Å². The number of rotatable bonds is 9. The van der Waals surface area contributed by atoms with Gasteiger partial charge in [0.05, 0.1) is 30.7 Å². The van der Waals surface area contributed by atoms with E-state index < -0.39 is 6.04 Å². The van der Waals surface area contributed by atoms with Crippen molar-refractivity contribution in [1.29, 1.82) is 0 Å². The Labute approximate surface area is 212 Å². The van der Waals surface area contributed by atoms with Crippen LogP contribution in [0.15, 0.2) is 39.5 Å². The number of hydrogen-bond acceptors (Lipinski definition) is 6. The summed E-state index contributed by atoms with van der Waals surface area (Å²) in [5, 5.41) is 0.490. The first-order valence-corrected chi connectivity index (χ1v) is 12.5. The van der Waals surface area contributed by atoms with Gasteiger partial charge in [0.1, 0.15) is 5.58 Å². The maximum absolute atomic E-state index is 13.8. The third-order valence-electron chi connectivity index (χ3n) is 6.83. The van der Waals surface area contributed by atoms with Crippen LogP contribution in [0.3, 0.4) is 0 Å². The highest BCUT2D eigenvalue weighted by Crippen LogP contribution is 2.41. The smallest absolute Gasteiger partial charge is 0.290 e. The van der Waals surface area contributed by atoms with Crippen LogP contribution in [0.2, 0.25) is 0 Å². The molecule has 0 fully saturated rings. The van der Waals surface area contributed by atoms with Crippen LogP contribution in [0.5, 0.6) is 11.5 Å². The minimum atomic E-state index is -0.576. The van der Waals surface area contributed by atoms with Crippen molar-refractivity contribution < 1.29 is 18.7 Å². The molecular weight excluding hydrogens is 456 g/mol. The van der Waals surface area contributed by atoms with Crippen LogP contribution in [0.25, 0.3) is 11.0 Å². The third kappa shape index (κ3) is 4.85. The van der Waals surface area contributed by atoms with E-state index in [1.807, 2.05) is 63.2 Å². The SMILES string of the molecule is COc1cc(C2c3c(oc4cc(C)c(C)cc4c3=O)C(=O)N2CCN(C)C)ccc1OCCC(C)C. The van der Waals surface area contributed by atoms with Crippen molar-refractivity contribution >= 4 is 16.9 Å². The molecule has 1 amide bonds. The highest BCUT2D eigenvalue weighted by atomic mass is 16.5. The van der Waals surface area contributed by atoms with E-state index in [0.717, 1.165) is 23.1 Å². The molecule has 7 heteroatoms. The van der Waals surface area contributed by atoms with Crippen molar-refractivity contribution in [1.82, 2.24) is 9.80 Å². The van der Waals surface area contributed by atoms with Gasteiger partial charge in [0.25, 0.3) is 5.91 Å². The van der Waals surface area contributed by atoms with Crippen molar-refractivity contribution in [3.63, 3.8) is 0 Å². The maximum atomic E-state index is 13.8. The van der Waals surface area contributed by atoms with Gasteiger partial charge in [-0.1, -0.05) is 19.9 Å². The average Bonchev–Trinajstić information content (AvgIpc) is 3.10. The van der Waals surface area contributed by atoms with Crippen molar-refractivity contribution in [3.05, 3.63) is 68.6 Å². The standard InChI is InChI=1S/C29H36N2O5/c1-17(2)10-13-35-22-9-8-20(16-24(22)34-7)26-25-27(32)21-14-18(3)19(4)15-23(21)36-28(25)29(33)31(26)12-11-30(5)6/h8-9,14-17,26H,10-13H2,1-7H3. The number of methoxy groups -OCH3 is 1. The van der Waals surface area contributed by atoms with Crippen LogP contribution in [0.4, 0.5) is 0 Å². The summed E-state index contributed by atoms with van der Waals surface area (Å²) in [6.07, 6.45) is 0.931. The second kappa shape index (κ2) is 10.3. The zero-order valence-electron chi connectivity index (χ0n) is 22.3. The zero-order chi connectivity index (χ0) is 26.1. The lowest BCUT2D eigenvalue weighted by Crippen LogP contribution is -2.35. The second-order valence-corrected chi connectivity index (χ2v) is 10.3. The van der Waals surface area contributed by atoms with Gasteiger partial charge in [0, 0.05) is 13.1 Å². The molecule has 4 rings (SSSR count). The van der Waals surface area contributed by atoms with E-state index in [2.05, 4.69) is 13.8 Å². The quantitative estimate of drug-likeness (QED) is 0.421.